The number of rotatable bonds is 7. The summed E-state index contributed by atoms with van der Waals surface area (Å²) in [5, 5.41) is 0.520. The lowest BCUT2D eigenvalue weighted by Gasteiger charge is -2.33. The first-order chi connectivity index (χ1) is 19.7. The van der Waals surface area contributed by atoms with Crippen molar-refractivity contribution in [3.05, 3.63) is 47.5 Å². The van der Waals surface area contributed by atoms with Gasteiger partial charge < -0.3 is 29.0 Å². The quantitative estimate of drug-likeness (QED) is 0.339. The van der Waals surface area contributed by atoms with Gasteiger partial charge in [-0.1, -0.05) is 6.07 Å². The Balaban J connectivity index is 1.53. The van der Waals surface area contributed by atoms with Crippen molar-refractivity contribution in [2.24, 2.45) is 0 Å². The molecule has 1 fully saturated rings. The van der Waals surface area contributed by atoms with Gasteiger partial charge in [-0.05, 0) is 81.0 Å². The van der Waals surface area contributed by atoms with Crippen LogP contribution in [0.1, 0.15) is 50.7 Å². The van der Waals surface area contributed by atoms with E-state index >= 15 is 0 Å². The monoisotopic (exact) mass is 589 g/mol. The topological polar surface area (TPSA) is 84.1 Å². The molecule has 1 N–H and O–H groups in total. The van der Waals surface area contributed by atoms with Gasteiger partial charge in [0, 0.05) is 36.6 Å². The van der Waals surface area contributed by atoms with Crippen LogP contribution in [0.3, 0.4) is 0 Å². The number of likely N-dealkylation sites (N-methyl/N-ethyl adjacent to an activating group) is 1. The van der Waals surface area contributed by atoms with Gasteiger partial charge in [0.25, 0.3) is 0 Å². The molecule has 11 heteroatoms. The molecule has 1 saturated heterocycles. The number of benzene rings is 2. The highest BCUT2D eigenvalue weighted by Crippen LogP contribution is 2.40. The summed E-state index contributed by atoms with van der Waals surface area (Å²) in [5.74, 6) is 0.819. The van der Waals surface area contributed by atoms with Gasteiger partial charge in [-0.15, -0.1) is 0 Å². The molecule has 42 heavy (non-hydrogen) atoms. The second-order valence-electron chi connectivity index (χ2n) is 11.6. The Morgan fingerprint density at radius 3 is 2.26 bits per heavy atom. The number of hydrogen-bond acceptors (Lipinski definition) is 5. The molecule has 1 aromatic heterocycles. The van der Waals surface area contributed by atoms with Crippen LogP contribution in [-0.4, -0.2) is 79.5 Å². The number of carbonyl (C=O) groups is 2. The van der Waals surface area contributed by atoms with Gasteiger partial charge in [0.1, 0.15) is 12.1 Å². The Morgan fingerprint density at radius 1 is 1.00 bits per heavy atom. The summed E-state index contributed by atoms with van der Waals surface area (Å²) >= 11 is 0. The minimum absolute atomic E-state index is 0.0835. The molecule has 2 aromatic carbocycles. The van der Waals surface area contributed by atoms with Gasteiger partial charge in [-0.3, -0.25) is 4.79 Å². The van der Waals surface area contributed by atoms with Crippen LogP contribution in [0.2, 0.25) is 0 Å². The molecule has 8 nitrogen and oxygen atoms in total. The first-order valence-electron chi connectivity index (χ1n) is 13.8. The van der Waals surface area contributed by atoms with Crippen molar-refractivity contribution in [3.63, 3.8) is 0 Å². The van der Waals surface area contributed by atoms with E-state index in [4.69, 9.17) is 14.2 Å². The fourth-order valence-electron chi connectivity index (χ4n) is 5.31. The summed E-state index contributed by atoms with van der Waals surface area (Å²) in [5.41, 5.74) is 2.00. The minimum atomic E-state index is -4.41. The first-order valence-corrected chi connectivity index (χ1v) is 13.8. The maximum absolute atomic E-state index is 13.8. The van der Waals surface area contributed by atoms with Crippen molar-refractivity contribution in [1.82, 2.24) is 14.8 Å². The number of aromatic nitrogens is 1. The van der Waals surface area contributed by atoms with E-state index in [0.717, 1.165) is 5.56 Å². The summed E-state index contributed by atoms with van der Waals surface area (Å²) in [4.78, 5) is 31.3. The molecule has 2 heterocycles. The number of hydrogen-bond donors (Lipinski definition) is 1. The normalized spacial score (nSPS) is 14.6. The molecule has 0 atom stereocenters. The maximum atomic E-state index is 13.8. The highest BCUT2D eigenvalue weighted by atomic mass is 19.4. The van der Waals surface area contributed by atoms with Crippen molar-refractivity contribution >= 4 is 22.9 Å². The van der Waals surface area contributed by atoms with Crippen molar-refractivity contribution in [2.75, 3.05) is 40.9 Å². The third kappa shape index (κ3) is 7.30. The Morgan fingerprint density at radius 2 is 1.67 bits per heavy atom. The number of amides is 2. The highest BCUT2D eigenvalue weighted by molar-refractivity contribution is 5.92. The average Bonchev–Trinajstić information content (AvgIpc) is 3.27. The van der Waals surface area contributed by atoms with Gasteiger partial charge in [-0.2, -0.15) is 13.2 Å². The number of aromatic amines is 1. The number of likely N-dealkylation sites (tertiary alicyclic amines) is 1. The number of ether oxygens (including phenoxy) is 3. The molecule has 0 radical (unpaired) electrons. The van der Waals surface area contributed by atoms with E-state index in [-0.39, 0.29) is 23.9 Å². The average molecular weight is 590 g/mol. The third-order valence-electron chi connectivity index (χ3n) is 7.38. The number of halogens is 3. The Kier molecular flexibility index (Phi) is 8.98. The number of carbonyl (C=O) groups excluding carboxylic acids is 2. The van der Waals surface area contributed by atoms with Crippen LogP contribution in [0.5, 0.6) is 11.5 Å². The van der Waals surface area contributed by atoms with E-state index in [9.17, 15) is 22.8 Å². The minimum Gasteiger partial charge on any atom is -0.493 e. The zero-order chi connectivity index (χ0) is 30.8. The number of nitrogens with one attached hydrogen (secondary N) is 1. The summed E-state index contributed by atoms with van der Waals surface area (Å²) in [7, 11) is 4.51. The standard InChI is InChI=1S/C31H38F3N3O5/c1-30(2,3)42-29(39)36(4)18-27(38)37-13-11-19(12-14-37)20-7-9-24-22(15-20)23(17-31(32,33)34)28(35-24)21-8-10-25(40-5)26(16-21)41-6/h7-10,15-16,19,35H,11-14,17-18H2,1-6H3. The van der Waals surface area contributed by atoms with Gasteiger partial charge in [-0.25, -0.2) is 4.79 Å². The van der Waals surface area contributed by atoms with Crippen LogP contribution >= 0.6 is 0 Å². The van der Waals surface area contributed by atoms with Gasteiger partial charge in [0.2, 0.25) is 5.91 Å². The molecule has 1 aliphatic heterocycles. The largest absolute Gasteiger partial charge is 0.493 e. The van der Waals surface area contributed by atoms with Crippen LogP contribution in [0.15, 0.2) is 36.4 Å². The zero-order valence-electron chi connectivity index (χ0n) is 24.9. The van der Waals surface area contributed by atoms with Gasteiger partial charge in [0.05, 0.1) is 26.3 Å². The van der Waals surface area contributed by atoms with Crippen LogP contribution in [0.4, 0.5) is 18.0 Å². The number of fused-ring (bicyclic) bond motifs is 1. The fraction of sp³-hybridized carbons (Fsp3) is 0.484. The Labute approximate surface area is 243 Å². The highest BCUT2D eigenvalue weighted by Gasteiger charge is 2.32. The lowest BCUT2D eigenvalue weighted by atomic mass is 9.88. The number of nitrogens with zero attached hydrogens (tertiary/aromatic N) is 2. The lowest BCUT2D eigenvalue weighted by molar-refractivity contribution is -0.133. The molecule has 4 rings (SSSR count). The molecule has 1 aliphatic rings. The molecule has 0 spiro atoms. The van der Waals surface area contributed by atoms with Gasteiger partial charge >= 0.3 is 12.3 Å². The predicted molar refractivity (Wildman–Crippen MR) is 154 cm³/mol. The lowest BCUT2D eigenvalue weighted by Crippen LogP contribution is -2.45. The molecule has 0 unspecified atom stereocenters. The molecule has 0 bridgehead atoms. The molecule has 2 amide bonds. The molecule has 228 valence electrons. The number of piperidine rings is 1. The maximum Gasteiger partial charge on any atom is 0.410 e. The van der Waals surface area contributed by atoms with Gasteiger partial charge in [0.15, 0.2) is 11.5 Å². The fourth-order valence-corrected chi connectivity index (χ4v) is 5.31. The van der Waals surface area contributed by atoms with E-state index in [0.29, 0.717) is 59.6 Å². The van der Waals surface area contributed by atoms with Crippen molar-refractivity contribution < 1.29 is 37.0 Å². The van der Waals surface area contributed by atoms with Crippen LogP contribution in [0, 0.1) is 0 Å². The number of methoxy groups -OCH3 is 2. The van der Waals surface area contributed by atoms with Crippen molar-refractivity contribution in [3.8, 4) is 22.8 Å². The van der Waals surface area contributed by atoms with E-state index in [1.54, 1.807) is 43.9 Å². The van der Waals surface area contributed by atoms with Crippen LogP contribution in [0.25, 0.3) is 22.2 Å². The summed E-state index contributed by atoms with van der Waals surface area (Å²) < 4.78 is 57.3. The second-order valence-corrected chi connectivity index (χ2v) is 11.6. The number of alkyl halides is 3. The van der Waals surface area contributed by atoms with Crippen LogP contribution < -0.4 is 9.47 Å². The Hall–Kier alpha value is -3.89. The van der Waals surface area contributed by atoms with E-state index < -0.39 is 24.3 Å². The summed E-state index contributed by atoms with van der Waals surface area (Å²) in [6.45, 7) is 6.18. The molecule has 3 aromatic rings. The van der Waals surface area contributed by atoms with E-state index in [2.05, 4.69) is 4.98 Å². The summed E-state index contributed by atoms with van der Waals surface area (Å²) in [6.07, 6.45) is -4.73. The molecule has 0 saturated carbocycles. The van der Waals surface area contributed by atoms with Crippen LogP contribution in [-0.2, 0) is 16.0 Å². The zero-order valence-corrected chi connectivity index (χ0v) is 24.9. The Bertz CT molecular complexity index is 1440. The predicted octanol–water partition coefficient (Wildman–Crippen LogP) is 6.53. The first kappa shape index (κ1) is 31.1. The third-order valence-corrected chi connectivity index (χ3v) is 7.38. The summed E-state index contributed by atoms with van der Waals surface area (Å²) in [6, 6.07) is 10.6. The van der Waals surface area contributed by atoms with E-state index in [1.807, 2.05) is 18.2 Å². The molecular formula is C31H38F3N3O5. The smallest absolute Gasteiger partial charge is 0.410 e. The van der Waals surface area contributed by atoms with Crippen molar-refractivity contribution in [1.29, 1.82) is 0 Å². The molecular weight excluding hydrogens is 551 g/mol. The van der Waals surface area contributed by atoms with E-state index in [1.165, 1.54) is 26.2 Å². The SMILES string of the molecule is COc1ccc(-c2[nH]c3ccc(C4CCN(C(=O)CN(C)C(=O)OC(C)(C)C)CC4)cc3c2CC(F)(F)F)cc1OC. The van der Waals surface area contributed by atoms with Crippen molar-refractivity contribution in [2.45, 2.75) is 57.7 Å². The molecule has 0 aliphatic carbocycles. The number of H-pyrrole nitrogens is 1. The second kappa shape index (κ2) is 12.1.